The quantitative estimate of drug-likeness (QED) is 0.543. The lowest BCUT2D eigenvalue weighted by molar-refractivity contribution is -0.385. The summed E-state index contributed by atoms with van der Waals surface area (Å²) in [6, 6.07) is 9.24. The Morgan fingerprint density at radius 2 is 1.83 bits per heavy atom. The first-order chi connectivity index (χ1) is 14.2. The van der Waals surface area contributed by atoms with E-state index in [0.717, 1.165) is 12.1 Å². The third-order valence-corrected chi connectivity index (χ3v) is 4.94. The molecule has 0 aromatic heterocycles. The molecule has 0 N–H and O–H groups in total. The average molecular weight is 423 g/mol. The zero-order valence-corrected chi connectivity index (χ0v) is 16.2. The molecule has 160 valence electrons. The number of ether oxygens (including phenoxy) is 1. The van der Waals surface area contributed by atoms with E-state index in [-0.39, 0.29) is 22.9 Å². The smallest absolute Gasteiger partial charge is 0.416 e. The van der Waals surface area contributed by atoms with E-state index in [4.69, 9.17) is 4.74 Å². The molecule has 1 heterocycles. The summed E-state index contributed by atoms with van der Waals surface area (Å²) in [5.41, 5.74) is -0.231. The van der Waals surface area contributed by atoms with Crippen LogP contribution in [0, 0.1) is 10.1 Å². The van der Waals surface area contributed by atoms with Crippen molar-refractivity contribution < 1.29 is 27.6 Å². The van der Waals surface area contributed by atoms with Gasteiger partial charge in [-0.25, -0.2) is 0 Å². The lowest BCUT2D eigenvalue weighted by Crippen LogP contribution is -2.48. The van der Waals surface area contributed by atoms with Crippen LogP contribution in [0.25, 0.3) is 0 Å². The Hall–Kier alpha value is -3.14. The Kier molecular flexibility index (Phi) is 6.25. The molecule has 0 saturated carbocycles. The summed E-state index contributed by atoms with van der Waals surface area (Å²) in [5.74, 6) is -0.262. The second-order valence-electron chi connectivity index (χ2n) is 6.91. The van der Waals surface area contributed by atoms with Gasteiger partial charge in [-0.2, -0.15) is 13.2 Å². The van der Waals surface area contributed by atoms with Crippen LogP contribution in [0.1, 0.15) is 21.5 Å². The Morgan fingerprint density at radius 1 is 1.13 bits per heavy atom. The zero-order chi connectivity index (χ0) is 21.9. The van der Waals surface area contributed by atoms with Gasteiger partial charge in [0.25, 0.3) is 5.91 Å². The minimum atomic E-state index is -4.39. The van der Waals surface area contributed by atoms with E-state index < -0.39 is 16.7 Å². The molecular weight excluding hydrogens is 403 g/mol. The number of carbonyl (C=O) groups excluding carboxylic acids is 1. The zero-order valence-electron chi connectivity index (χ0n) is 16.2. The van der Waals surface area contributed by atoms with Crippen molar-refractivity contribution in [3.8, 4) is 5.75 Å². The molecular formula is C20H20F3N3O4. The van der Waals surface area contributed by atoms with Gasteiger partial charge in [0.1, 0.15) is 0 Å². The topological polar surface area (TPSA) is 75.9 Å². The second-order valence-corrected chi connectivity index (χ2v) is 6.91. The van der Waals surface area contributed by atoms with Crippen molar-refractivity contribution in [3.63, 3.8) is 0 Å². The molecule has 2 aromatic carbocycles. The van der Waals surface area contributed by atoms with E-state index in [0.29, 0.717) is 38.3 Å². The van der Waals surface area contributed by atoms with Crippen LogP contribution in [-0.4, -0.2) is 53.9 Å². The summed E-state index contributed by atoms with van der Waals surface area (Å²) in [5, 5.41) is 11.2. The van der Waals surface area contributed by atoms with Crippen molar-refractivity contribution in [1.29, 1.82) is 0 Å². The third-order valence-electron chi connectivity index (χ3n) is 4.94. The molecule has 1 saturated heterocycles. The third kappa shape index (κ3) is 4.88. The molecule has 0 bridgehead atoms. The van der Waals surface area contributed by atoms with Crippen LogP contribution >= 0.6 is 0 Å². The number of piperazine rings is 1. The van der Waals surface area contributed by atoms with Gasteiger partial charge < -0.3 is 9.64 Å². The van der Waals surface area contributed by atoms with Crippen molar-refractivity contribution in [1.82, 2.24) is 9.80 Å². The fourth-order valence-corrected chi connectivity index (χ4v) is 3.36. The Balaban J connectivity index is 1.62. The van der Waals surface area contributed by atoms with Gasteiger partial charge in [-0.3, -0.25) is 19.8 Å². The number of hydrogen-bond donors (Lipinski definition) is 0. The number of methoxy groups -OCH3 is 1. The highest BCUT2D eigenvalue weighted by molar-refractivity contribution is 5.95. The summed E-state index contributed by atoms with van der Waals surface area (Å²) >= 11 is 0. The standard InChI is InChI=1S/C20H20F3N3O4/c1-30-18-6-5-15(12-17(18)26(28)29)19(27)25-9-7-24(8-10-25)13-14-3-2-4-16(11-14)20(21,22)23/h2-6,11-12H,7-10,13H2,1H3. The van der Waals surface area contributed by atoms with Crippen molar-refractivity contribution >= 4 is 11.6 Å². The fourth-order valence-electron chi connectivity index (χ4n) is 3.36. The van der Waals surface area contributed by atoms with Gasteiger partial charge in [-0.1, -0.05) is 18.2 Å². The normalized spacial score (nSPS) is 15.1. The van der Waals surface area contributed by atoms with Crippen LogP contribution in [0.2, 0.25) is 0 Å². The van der Waals surface area contributed by atoms with Crippen LogP contribution < -0.4 is 4.74 Å². The Morgan fingerprint density at radius 3 is 2.43 bits per heavy atom. The Bertz CT molecular complexity index is 941. The van der Waals surface area contributed by atoms with E-state index >= 15 is 0 Å². The number of alkyl halides is 3. The molecule has 0 radical (unpaired) electrons. The second kappa shape index (κ2) is 8.70. The van der Waals surface area contributed by atoms with Gasteiger partial charge >= 0.3 is 11.9 Å². The van der Waals surface area contributed by atoms with Crippen molar-refractivity contribution in [3.05, 3.63) is 69.3 Å². The van der Waals surface area contributed by atoms with Crippen molar-refractivity contribution in [2.75, 3.05) is 33.3 Å². The molecule has 0 unspecified atom stereocenters. The van der Waals surface area contributed by atoms with E-state index in [1.54, 1.807) is 11.0 Å². The van der Waals surface area contributed by atoms with Crippen LogP contribution in [0.15, 0.2) is 42.5 Å². The molecule has 0 spiro atoms. The summed E-state index contributed by atoms with van der Waals surface area (Å²) in [4.78, 5) is 26.8. The maximum absolute atomic E-state index is 12.9. The average Bonchev–Trinajstić information content (AvgIpc) is 2.73. The maximum Gasteiger partial charge on any atom is 0.416 e. The van der Waals surface area contributed by atoms with Gasteiger partial charge in [0.2, 0.25) is 0 Å². The lowest BCUT2D eigenvalue weighted by atomic mass is 10.1. The minimum Gasteiger partial charge on any atom is -0.490 e. The first kappa shape index (κ1) is 21.6. The summed E-state index contributed by atoms with van der Waals surface area (Å²) in [7, 11) is 1.31. The van der Waals surface area contributed by atoms with Crippen LogP contribution in [0.4, 0.5) is 18.9 Å². The number of carbonyl (C=O) groups is 1. The fraction of sp³-hybridized carbons (Fsp3) is 0.350. The van der Waals surface area contributed by atoms with E-state index in [1.165, 1.54) is 31.4 Å². The highest BCUT2D eigenvalue weighted by Crippen LogP contribution is 2.30. The maximum atomic E-state index is 12.9. The first-order valence-electron chi connectivity index (χ1n) is 9.19. The molecule has 1 aliphatic heterocycles. The summed E-state index contributed by atoms with van der Waals surface area (Å²) in [6.45, 7) is 2.07. The SMILES string of the molecule is COc1ccc(C(=O)N2CCN(Cc3cccc(C(F)(F)F)c3)CC2)cc1[N+](=O)[O-]. The van der Waals surface area contributed by atoms with E-state index in [9.17, 15) is 28.1 Å². The highest BCUT2D eigenvalue weighted by atomic mass is 19.4. The van der Waals surface area contributed by atoms with E-state index in [2.05, 4.69) is 0 Å². The number of nitro groups is 1. The number of benzene rings is 2. The molecule has 0 aliphatic carbocycles. The molecule has 30 heavy (non-hydrogen) atoms. The first-order valence-corrected chi connectivity index (χ1v) is 9.19. The predicted molar refractivity (Wildman–Crippen MR) is 102 cm³/mol. The lowest BCUT2D eigenvalue weighted by Gasteiger charge is -2.34. The van der Waals surface area contributed by atoms with Crippen LogP contribution in [0.3, 0.4) is 0 Å². The summed E-state index contributed by atoms with van der Waals surface area (Å²) in [6.07, 6.45) is -4.39. The van der Waals surface area contributed by atoms with Crippen molar-refractivity contribution in [2.24, 2.45) is 0 Å². The highest BCUT2D eigenvalue weighted by Gasteiger charge is 2.31. The number of nitro benzene ring substituents is 1. The molecule has 10 heteroatoms. The van der Waals surface area contributed by atoms with Gasteiger partial charge in [-0.15, -0.1) is 0 Å². The summed E-state index contributed by atoms with van der Waals surface area (Å²) < 4.78 is 43.5. The van der Waals surface area contributed by atoms with Crippen LogP contribution in [-0.2, 0) is 12.7 Å². The van der Waals surface area contributed by atoms with Gasteiger partial charge in [-0.05, 0) is 23.8 Å². The molecule has 1 aliphatic rings. The number of hydrogen-bond acceptors (Lipinski definition) is 5. The monoisotopic (exact) mass is 423 g/mol. The molecule has 2 aromatic rings. The number of nitrogens with zero attached hydrogens (tertiary/aromatic N) is 3. The largest absolute Gasteiger partial charge is 0.490 e. The van der Waals surface area contributed by atoms with Gasteiger partial charge in [0.05, 0.1) is 17.6 Å². The number of halogens is 3. The molecule has 1 fully saturated rings. The predicted octanol–water partition coefficient (Wildman–Crippen LogP) is 3.58. The minimum absolute atomic E-state index is 0.0717. The molecule has 7 nitrogen and oxygen atoms in total. The van der Waals surface area contributed by atoms with Crippen LogP contribution in [0.5, 0.6) is 5.75 Å². The molecule has 3 rings (SSSR count). The molecule has 0 atom stereocenters. The Labute approximate surface area is 170 Å². The molecule has 1 amide bonds. The van der Waals surface area contributed by atoms with Crippen molar-refractivity contribution in [2.45, 2.75) is 12.7 Å². The number of rotatable bonds is 5. The van der Waals surface area contributed by atoms with Gasteiger partial charge in [0, 0.05) is 44.4 Å². The van der Waals surface area contributed by atoms with Gasteiger partial charge in [0.15, 0.2) is 5.75 Å². The van der Waals surface area contributed by atoms with E-state index in [1.807, 2.05) is 4.90 Å². The number of amides is 1.